The number of likely N-dealkylation sites (N-methyl/N-ethyl adjacent to an activating group) is 1. The molecule has 2 aromatic heterocycles. The van der Waals surface area contributed by atoms with Gasteiger partial charge in [0.25, 0.3) is 0 Å². The molecule has 2 saturated heterocycles. The van der Waals surface area contributed by atoms with E-state index in [1.54, 1.807) is 6.26 Å². The fourth-order valence-electron chi connectivity index (χ4n) is 5.33. The van der Waals surface area contributed by atoms with Crippen LogP contribution in [0.15, 0.2) is 64.2 Å². The third-order valence-electron chi connectivity index (χ3n) is 8.60. The molecule has 40 heavy (non-hydrogen) atoms. The predicted molar refractivity (Wildman–Crippen MR) is 161 cm³/mol. The first kappa shape index (κ1) is 26.7. The van der Waals surface area contributed by atoms with Gasteiger partial charge in [0.05, 0.1) is 28.7 Å². The van der Waals surface area contributed by atoms with Crippen molar-refractivity contribution >= 4 is 40.6 Å². The molecule has 0 amide bonds. The molecule has 2 aliphatic rings. The molecule has 0 unspecified atom stereocenters. The van der Waals surface area contributed by atoms with Gasteiger partial charge in [-0.1, -0.05) is 12.1 Å². The van der Waals surface area contributed by atoms with E-state index in [9.17, 15) is 5.11 Å². The Hall–Kier alpha value is -3.53. The molecule has 4 aromatic rings. The number of hydrogen-bond acceptors (Lipinski definition) is 7. The largest absolute Gasteiger partial charge is 0.494 e. The molecule has 9 heteroatoms. The van der Waals surface area contributed by atoms with Gasteiger partial charge in [-0.25, -0.2) is 4.99 Å². The van der Waals surface area contributed by atoms with Crippen LogP contribution in [0.1, 0.15) is 44.6 Å². The third kappa shape index (κ3) is 4.72. The zero-order valence-electron chi connectivity index (χ0n) is 24.1. The number of aromatic hydroxyl groups is 1. The predicted octanol–water partition coefficient (Wildman–Crippen LogP) is 5.00. The fourth-order valence-corrected chi connectivity index (χ4v) is 5.33. The number of furan rings is 1. The topological polar surface area (TPSA) is 86.5 Å². The number of aliphatic imine (C=N–C) groups is 1. The number of benzene rings is 2. The summed E-state index contributed by atoms with van der Waals surface area (Å²) < 4.78 is 18.4. The molecule has 0 spiro atoms. The van der Waals surface area contributed by atoms with Crippen molar-refractivity contribution in [3.8, 4) is 5.88 Å². The fraction of sp³-hybridized carbons (Fsp3) is 0.387. The molecule has 0 aliphatic carbocycles. The van der Waals surface area contributed by atoms with Gasteiger partial charge in [-0.05, 0) is 89.1 Å². The highest BCUT2D eigenvalue weighted by molar-refractivity contribution is 6.62. The van der Waals surface area contributed by atoms with Crippen LogP contribution < -0.4 is 10.4 Å². The molecule has 0 radical (unpaired) electrons. The third-order valence-corrected chi connectivity index (χ3v) is 8.60. The Morgan fingerprint density at radius 2 is 1.62 bits per heavy atom. The summed E-state index contributed by atoms with van der Waals surface area (Å²) >= 11 is 0. The van der Waals surface area contributed by atoms with Gasteiger partial charge in [0.1, 0.15) is 5.71 Å². The Morgan fingerprint density at radius 3 is 2.25 bits per heavy atom. The molecular formula is C31H37BN4O4. The van der Waals surface area contributed by atoms with Gasteiger partial charge < -0.3 is 33.6 Å². The minimum absolute atomic E-state index is 0.0321. The van der Waals surface area contributed by atoms with Gasteiger partial charge in [-0.15, -0.1) is 0 Å². The highest BCUT2D eigenvalue weighted by atomic mass is 16.7. The zero-order valence-corrected chi connectivity index (χ0v) is 24.1. The van der Waals surface area contributed by atoms with Gasteiger partial charge in [0.15, 0.2) is 11.6 Å². The number of rotatable bonds is 5. The number of piperazine rings is 1. The van der Waals surface area contributed by atoms with Crippen LogP contribution in [0.3, 0.4) is 0 Å². The van der Waals surface area contributed by atoms with Crippen LogP contribution in [0.2, 0.25) is 0 Å². The maximum atomic E-state index is 11.2. The van der Waals surface area contributed by atoms with Crippen molar-refractivity contribution in [1.82, 2.24) is 9.88 Å². The van der Waals surface area contributed by atoms with Gasteiger partial charge >= 0.3 is 7.12 Å². The van der Waals surface area contributed by atoms with E-state index >= 15 is 0 Å². The zero-order chi connectivity index (χ0) is 28.2. The Bertz CT molecular complexity index is 1550. The van der Waals surface area contributed by atoms with E-state index < -0.39 is 18.3 Å². The molecule has 208 valence electrons. The van der Waals surface area contributed by atoms with E-state index in [4.69, 9.17) is 18.7 Å². The molecule has 2 N–H and O–H groups in total. The molecule has 2 aromatic carbocycles. The van der Waals surface area contributed by atoms with Crippen molar-refractivity contribution in [2.75, 3.05) is 38.1 Å². The van der Waals surface area contributed by atoms with E-state index in [2.05, 4.69) is 34.0 Å². The molecule has 6 rings (SSSR count). The molecule has 4 heterocycles. The van der Waals surface area contributed by atoms with Crippen molar-refractivity contribution in [2.45, 2.75) is 45.8 Å². The summed E-state index contributed by atoms with van der Waals surface area (Å²) in [6, 6.07) is 16.1. The minimum Gasteiger partial charge on any atom is -0.494 e. The van der Waals surface area contributed by atoms with E-state index in [-0.39, 0.29) is 5.88 Å². The normalized spacial score (nSPS) is 19.6. The molecular weight excluding hydrogens is 503 g/mol. The molecule has 0 saturated carbocycles. The second-order valence-electron chi connectivity index (χ2n) is 11.9. The number of aryl methyl sites for hydroxylation is 1. The SMILES string of the molecule is Cc1ccoc1C(=Nc1ccc(N2CCN(C)CC2)cc1)c1c(O)[nH]c2cc(B3OC(C)(C)C(C)(C)O3)ccc12. The number of nitrogens with one attached hydrogen (secondary N) is 1. The number of aromatic nitrogens is 1. The summed E-state index contributed by atoms with van der Waals surface area (Å²) in [7, 11) is 1.66. The lowest BCUT2D eigenvalue weighted by Gasteiger charge is -2.34. The highest BCUT2D eigenvalue weighted by Gasteiger charge is 2.51. The van der Waals surface area contributed by atoms with E-state index in [0.29, 0.717) is 17.0 Å². The van der Waals surface area contributed by atoms with E-state index in [1.807, 2.05) is 71.0 Å². The smallest absolute Gasteiger partial charge is 0.494 e. The van der Waals surface area contributed by atoms with Crippen LogP contribution in [0, 0.1) is 6.92 Å². The van der Waals surface area contributed by atoms with Gasteiger partial charge in [0.2, 0.25) is 0 Å². The summed E-state index contributed by atoms with van der Waals surface area (Å²) in [5.41, 5.74) is 4.85. The van der Waals surface area contributed by atoms with Crippen LogP contribution in [-0.2, 0) is 9.31 Å². The molecule has 0 bridgehead atoms. The molecule has 0 atom stereocenters. The van der Waals surface area contributed by atoms with Gasteiger partial charge in [0, 0.05) is 42.8 Å². The number of hydrogen-bond donors (Lipinski definition) is 2. The number of aromatic amines is 1. The highest BCUT2D eigenvalue weighted by Crippen LogP contribution is 2.37. The Balaban J connectivity index is 1.37. The molecule has 2 fully saturated rings. The lowest BCUT2D eigenvalue weighted by atomic mass is 9.78. The van der Waals surface area contributed by atoms with Crippen LogP contribution in [0.5, 0.6) is 5.88 Å². The number of H-pyrrole nitrogens is 1. The minimum atomic E-state index is -0.498. The van der Waals surface area contributed by atoms with Gasteiger partial charge in [-0.2, -0.15) is 0 Å². The van der Waals surface area contributed by atoms with Crippen molar-refractivity contribution in [2.24, 2.45) is 4.99 Å². The summed E-state index contributed by atoms with van der Waals surface area (Å²) in [5.74, 6) is 0.652. The van der Waals surface area contributed by atoms with Gasteiger partial charge in [-0.3, -0.25) is 0 Å². The van der Waals surface area contributed by atoms with Crippen LogP contribution >= 0.6 is 0 Å². The first-order chi connectivity index (χ1) is 19.0. The van der Waals surface area contributed by atoms with Crippen LogP contribution in [-0.4, -0.2) is 72.2 Å². The van der Waals surface area contributed by atoms with E-state index in [0.717, 1.165) is 53.8 Å². The second-order valence-corrected chi connectivity index (χ2v) is 11.9. The first-order valence-corrected chi connectivity index (χ1v) is 13.9. The Morgan fingerprint density at radius 1 is 0.950 bits per heavy atom. The lowest BCUT2D eigenvalue weighted by Crippen LogP contribution is -2.44. The Kier molecular flexibility index (Phi) is 6.56. The van der Waals surface area contributed by atoms with Crippen molar-refractivity contribution < 1.29 is 18.8 Å². The maximum Gasteiger partial charge on any atom is 0.494 e. The van der Waals surface area contributed by atoms with Crippen molar-refractivity contribution in [1.29, 1.82) is 0 Å². The number of anilines is 1. The summed E-state index contributed by atoms with van der Waals surface area (Å²) in [6.45, 7) is 14.3. The molecule has 2 aliphatic heterocycles. The average Bonchev–Trinajstić information content (AvgIpc) is 3.55. The number of fused-ring (bicyclic) bond motifs is 1. The van der Waals surface area contributed by atoms with Crippen molar-refractivity contribution in [3.63, 3.8) is 0 Å². The molecule has 8 nitrogen and oxygen atoms in total. The lowest BCUT2D eigenvalue weighted by molar-refractivity contribution is 0.00578. The van der Waals surface area contributed by atoms with Crippen LogP contribution in [0.25, 0.3) is 10.9 Å². The second kappa shape index (κ2) is 9.84. The maximum absolute atomic E-state index is 11.2. The Labute approximate surface area is 235 Å². The van der Waals surface area contributed by atoms with Crippen molar-refractivity contribution in [3.05, 3.63) is 71.7 Å². The average molecular weight is 540 g/mol. The summed E-state index contributed by atoms with van der Waals surface area (Å²) in [4.78, 5) is 12.9. The van der Waals surface area contributed by atoms with Crippen LogP contribution in [0.4, 0.5) is 11.4 Å². The summed E-state index contributed by atoms with van der Waals surface area (Å²) in [5, 5.41) is 12.0. The number of nitrogens with zero attached hydrogens (tertiary/aromatic N) is 3. The quantitative estimate of drug-likeness (QED) is 0.274. The van der Waals surface area contributed by atoms with E-state index in [1.165, 1.54) is 5.69 Å². The monoisotopic (exact) mass is 540 g/mol. The standard InChI is InChI=1S/C31H37BN4O4/c1-20-13-18-38-28(20)27(33-22-8-10-23(11-9-22)36-16-14-35(6)15-17-36)26-24-12-7-21(19-25(24)34-29(26)37)32-39-30(2,3)31(4,5)40-32/h7-13,18-19,34,37H,14-17H2,1-6H3. The summed E-state index contributed by atoms with van der Waals surface area (Å²) in [6.07, 6.45) is 1.65. The first-order valence-electron chi connectivity index (χ1n) is 13.9.